The van der Waals surface area contributed by atoms with Gasteiger partial charge in [-0.25, -0.2) is 4.98 Å². The zero-order chi connectivity index (χ0) is 18.8. The van der Waals surface area contributed by atoms with Crippen LogP contribution in [0.5, 0.6) is 0 Å². The molecule has 3 aromatic rings. The number of aliphatic hydroxyl groups is 1. The fourth-order valence-electron chi connectivity index (χ4n) is 2.53. The zero-order valence-electron chi connectivity index (χ0n) is 13.7. The van der Waals surface area contributed by atoms with Gasteiger partial charge in [-0.05, 0) is 18.6 Å². The summed E-state index contributed by atoms with van der Waals surface area (Å²) in [6, 6.07) is 10.9. The average Bonchev–Trinajstić information content (AvgIpc) is 2.62. The van der Waals surface area contributed by atoms with E-state index in [-0.39, 0.29) is 22.6 Å². The van der Waals surface area contributed by atoms with Crippen molar-refractivity contribution in [3.8, 4) is 0 Å². The predicted octanol–water partition coefficient (Wildman–Crippen LogP) is 1.54. The van der Waals surface area contributed by atoms with Crippen molar-refractivity contribution in [3.63, 3.8) is 0 Å². The quantitative estimate of drug-likeness (QED) is 0.280. The SMILES string of the molecule is Cc1ccc([C@@H](O)/C(=N/N)c2nc3ccc([N+](=O)[O-])cc3[nH]c2=O)cc1. The summed E-state index contributed by atoms with van der Waals surface area (Å²) in [6.45, 7) is 1.91. The Morgan fingerprint density at radius 2 is 2.00 bits per heavy atom. The van der Waals surface area contributed by atoms with E-state index in [4.69, 9.17) is 5.84 Å². The topological polar surface area (TPSA) is 148 Å². The van der Waals surface area contributed by atoms with Crippen molar-refractivity contribution < 1.29 is 10.0 Å². The van der Waals surface area contributed by atoms with Crippen LogP contribution in [0, 0.1) is 17.0 Å². The van der Waals surface area contributed by atoms with Gasteiger partial charge in [0, 0.05) is 12.1 Å². The first-order valence-electron chi connectivity index (χ1n) is 7.62. The summed E-state index contributed by atoms with van der Waals surface area (Å²) in [4.78, 5) is 29.3. The number of H-pyrrole nitrogens is 1. The molecule has 1 atom stereocenters. The summed E-state index contributed by atoms with van der Waals surface area (Å²) in [7, 11) is 0. The van der Waals surface area contributed by atoms with Crippen molar-refractivity contribution in [1.29, 1.82) is 0 Å². The van der Waals surface area contributed by atoms with Crippen LogP contribution in [0.2, 0.25) is 0 Å². The van der Waals surface area contributed by atoms with Gasteiger partial charge in [-0.1, -0.05) is 29.8 Å². The highest BCUT2D eigenvalue weighted by Crippen LogP contribution is 2.20. The summed E-state index contributed by atoms with van der Waals surface area (Å²) < 4.78 is 0. The highest BCUT2D eigenvalue weighted by molar-refractivity contribution is 6.03. The molecule has 1 heterocycles. The number of hydrogen-bond donors (Lipinski definition) is 3. The van der Waals surface area contributed by atoms with Crippen LogP contribution in [0.1, 0.15) is 22.9 Å². The van der Waals surface area contributed by atoms with Crippen LogP contribution in [0.15, 0.2) is 52.4 Å². The summed E-state index contributed by atoms with van der Waals surface area (Å²) >= 11 is 0. The second-order valence-corrected chi connectivity index (χ2v) is 5.70. The van der Waals surface area contributed by atoms with Gasteiger partial charge >= 0.3 is 0 Å². The van der Waals surface area contributed by atoms with E-state index in [1.165, 1.54) is 18.2 Å². The van der Waals surface area contributed by atoms with E-state index in [1.54, 1.807) is 12.1 Å². The first-order valence-corrected chi connectivity index (χ1v) is 7.62. The molecule has 0 fully saturated rings. The van der Waals surface area contributed by atoms with Crippen LogP contribution >= 0.6 is 0 Å². The summed E-state index contributed by atoms with van der Waals surface area (Å²) in [5, 5.41) is 24.9. The third-order valence-corrected chi connectivity index (χ3v) is 3.92. The second-order valence-electron chi connectivity index (χ2n) is 5.70. The Balaban J connectivity index is 2.08. The Kier molecular flexibility index (Phi) is 4.46. The number of aryl methyl sites for hydroxylation is 1. The van der Waals surface area contributed by atoms with Gasteiger partial charge in [0.25, 0.3) is 11.2 Å². The molecule has 0 amide bonds. The number of aliphatic hydroxyl groups excluding tert-OH is 1. The number of aromatic amines is 1. The van der Waals surface area contributed by atoms with Crippen LogP contribution in [0.3, 0.4) is 0 Å². The van der Waals surface area contributed by atoms with E-state index >= 15 is 0 Å². The van der Waals surface area contributed by atoms with Gasteiger partial charge in [0.05, 0.1) is 16.0 Å². The molecular formula is C17H15N5O4. The first kappa shape index (κ1) is 17.2. The molecule has 0 spiro atoms. The van der Waals surface area contributed by atoms with Crippen LogP contribution in [-0.4, -0.2) is 25.7 Å². The molecule has 3 rings (SSSR count). The number of nitrogens with two attached hydrogens (primary N) is 1. The molecule has 1 aromatic heterocycles. The van der Waals surface area contributed by atoms with Gasteiger partial charge in [0.1, 0.15) is 11.8 Å². The van der Waals surface area contributed by atoms with Crippen molar-refractivity contribution in [3.05, 3.63) is 79.8 Å². The number of fused-ring (bicyclic) bond motifs is 1. The van der Waals surface area contributed by atoms with Gasteiger partial charge in [0.15, 0.2) is 5.69 Å². The molecule has 0 saturated carbocycles. The Morgan fingerprint density at radius 1 is 1.31 bits per heavy atom. The van der Waals surface area contributed by atoms with Crippen molar-refractivity contribution in [2.24, 2.45) is 10.9 Å². The Hall–Kier alpha value is -3.59. The number of aromatic nitrogens is 2. The number of benzene rings is 2. The van der Waals surface area contributed by atoms with Crippen molar-refractivity contribution in [1.82, 2.24) is 9.97 Å². The third kappa shape index (κ3) is 3.15. The number of nitrogens with one attached hydrogen (secondary N) is 1. The standard InChI is InChI=1S/C17H15N5O4/c1-9-2-4-10(5-3-9)16(23)14(21-18)15-17(24)20-13-8-11(22(25)26)6-7-12(13)19-15/h2-8,16,23H,18H2,1H3,(H,20,24)/b21-14+/t16-/m1/s1. The van der Waals surface area contributed by atoms with Gasteiger partial charge in [-0.15, -0.1) is 0 Å². The Bertz CT molecular complexity index is 1070. The lowest BCUT2D eigenvalue weighted by atomic mass is 10.0. The molecule has 2 aromatic carbocycles. The van der Waals surface area contributed by atoms with Crippen LogP contribution in [0.4, 0.5) is 5.69 Å². The fourth-order valence-corrected chi connectivity index (χ4v) is 2.53. The number of non-ortho nitro benzene ring substituents is 1. The van der Waals surface area contributed by atoms with Crippen molar-refractivity contribution in [2.45, 2.75) is 13.0 Å². The highest BCUT2D eigenvalue weighted by Gasteiger charge is 2.22. The average molecular weight is 353 g/mol. The lowest BCUT2D eigenvalue weighted by Gasteiger charge is -2.13. The van der Waals surface area contributed by atoms with E-state index in [0.29, 0.717) is 11.1 Å². The number of hydrazone groups is 1. The predicted molar refractivity (Wildman–Crippen MR) is 95.9 cm³/mol. The van der Waals surface area contributed by atoms with Gasteiger partial charge in [-0.2, -0.15) is 5.10 Å². The second kappa shape index (κ2) is 6.73. The van der Waals surface area contributed by atoms with E-state index in [1.807, 2.05) is 19.1 Å². The van der Waals surface area contributed by atoms with Gasteiger partial charge < -0.3 is 15.9 Å². The minimum atomic E-state index is -1.25. The lowest BCUT2D eigenvalue weighted by Crippen LogP contribution is -2.26. The Morgan fingerprint density at radius 3 is 2.62 bits per heavy atom. The minimum absolute atomic E-state index is 0.102. The zero-order valence-corrected chi connectivity index (χ0v) is 13.7. The number of hydrogen-bond acceptors (Lipinski definition) is 7. The molecule has 132 valence electrons. The first-order chi connectivity index (χ1) is 12.4. The van der Waals surface area contributed by atoms with Crippen LogP contribution in [0.25, 0.3) is 11.0 Å². The molecule has 9 nitrogen and oxygen atoms in total. The molecule has 0 unspecified atom stereocenters. The smallest absolute Gasteiger partial charge is 0.276 e. The molecule has 0 aliphatic carbocycles. The molecule has 26 heavy (non-hydrogen) atoms. The third-order valence-electron chi connectivity index (χ3n) is 3.92. The normalized spacial score (nSPS) is 12.9. The summed E-state index contributed by atoms with van der Waals surface area (Å²) in [6.07, 6.45) is -1.25. The Labute approximate surface area is 147 Å². The van der Waals surface area contributed by atoms with E-state index in [9.17, 15) is 20.0 Å². The number of nitro groups is 1. The van der Waals surface area contributed by atoms with Crippen molar-refractivity contribution in [2.75, 3.05) is 0 Å². The molecule has 0 aliphatic rings. The van der Waals surface area contributed by atoms with Crippen LogP contribution < -0.4 is 11.4 Å². The summed E-state index contributed by atoms with van der Waals surface area (Å²) in [5.74, 6) is 5.40. The maximum absolute atomic E-state index is 12.4. The lowest BCUT2D eigenvalue weighted by molar-refractivity contribution is -0.384. The van der Waals surface area contributed by atoms with E-state index < -0.39 is 16.6 Å². The molecule has 0 aliphatic heterocycles. The van der Waals surface area contributed by atoms with E-state index in [0.717, 1.165) is 5.56 Å². The molecule has 9 heteroatoms. The molecule has 0 saturated heterocycles. The number of nitro benzene ring substituents is 1. The maximum atomic E-state index is 12.4. The molecule has 0 radical (unpaired) electrons. The number of rotatable bonds is 4. The number of nitrogens with zero attached hydrogens (tertiary/aromatic N) is 3. The monoisotopic (exact) mass is 353 g/mol. The fraction of sp³-hybridized carbons (Fsp3) is 0.118. The van der Waals surface area contributed by atoms with Gasteiger partial charge in [-0.3, -0.25) is 14.9 Å². The largest absolute Gasteiger partial charge is 0.382 e. The van der Waals surface area contributed by atoms with Crippen LogP contribution in [-0.2, 0) is 0 Å². The minimum Gasteiger partial charge on any atom is -0.382 e. The summed E-state index contributed by atoms with van der Waals surface area (Å²) in [5.41, 5.74) is 0.942. The molecule has 0 bridgehead atoms. The highest BCUT2D eigenvalue weighted by atomic mass is 16.6. The van der Waals surface area contributed by atoms with Crippen molar-refractivity contribution >= 4 is 22.4 Å². The molecule has 4 N–H and O–H groups in total. The van der Waals surface area contributed by atoms with Gasteiger partial charge in [0.2, 0.25) is 0 Å². The maximum Gasteiger partial charge on any atom is 0.276 e. The van der Waals surface area contributed by atoms with E-state index in [2.05, 4.69) is 15.1 Å². The molecular weight excluding hydrogens is 338 g/mol.